The van der Waals surface area contributed by atoms with Gasteiger partial charge in [0.2, 0.25) is 0 Å². The van der Waals surface area contributed by atoms with Gasteiger partial charge in [0.05, 0.1) is 10.0 Å². The molecule has 0 amide bonds. The van der Waals surface area contributed by atoms with Gasteiger partial charge in [0.1, 0.15) is 11.6 Å². The molecule has 0 saturated heterocycles. The van der Waals surface area contributed by atoms with Gasteiger partial charge in [0.25, 0.3) is 0 Å². The van der Waals surface area contributed by atoms with E-state index in [1.165, 1.54) is 36.0 Å². The number of hydrogen-bond acceptors (Lipinski definition) is 1. The topological polar surface area (TPSA) is 0 Å². The Morgan fingerprint density at radius 1 is 0.765 bits per heavy atom. The molecule has 2 aromatic rings. The third-order valence-corrected chi connectivity index (χ3v) is 4.01. The maximum absolute atomic E-state index is 12.8. The van der Waals surface area contributed by atoms with Crippen molar-refractivity contribution in [3.05, 3.63) is 58.1 Å². The highest BCUT2D eigenvalue weighted by molar-refractivity contribution is 7.99. The van der Waals surface area contributed by atoms with Crippen molar-refractivity contribution < 1.29 is 8.78 Å². The highest BCUT2D eigenvalue weighted by atomic mass is 35.5. The van der Waals surface area contributed by atoms with Gasteiger partial charge in [-0.05, 0) is 36.4 Å². The predicted molar refractivity (Wildman–Crippen MR) is 66.9 cm³/mol. The highest BCUT2D eigenvalue weighted by Crippen LogP contribution is 2.37. The Balaban J connectivity index is 2.31. The first-order valence-corrected chi connectivity index (χ1v) is 6.21. The first-order chi connectivity index (χ1) is 8.06. The van der Waals surface area contributed by atoms with Crippen molar-refractivity contribution in [3.8, 4) is 0 Å². The minimum absolute atomic E-state index is 0.301. The SMILES string of the molecule is Fc1ccc(Sc2ccc(F)cc2Cl)c(Cl)c1. The van der Waals surface area contributed by atoms with Crippen molar-refractivity contribution in [2.45, 2.75) is 9.79 Å². The van der Waals surface area contributed by atoms with E-state index in [0.29, 0.717) is 19.8 Å². The van der Waals surface area contributed by atoms with Crippen LogP contribution in [0.1, 0.15) is 0 Å². The van der Waals surface area contributed by atoms with Crippen LogP contribution in [-0.4, -0.2) is 0 Å². The molecule has 0 unspecified atom stereocenters. The van der Waals surface area contributed by atoms with E-state index in [1.807, 2.05) is 0 Å². The summed E-state index contributed by atoms with van der Waals surface area (Å²) in [5, 5.41) is 0.603. The lowest BCUT2D eigenvalue weighted by Gasteiger charge is -2.06. The molecule has 0 aliphatic carbocycles. The Kier molecular flexibility index (Phi) is 3.92. The van der Waals surface area contributed by atoms with E-state index in [9.17, 15) is 8.78 Å². The van der Waals surface area contributed by atoms with Crippen LogP contribution in [0.5, 0.6) is 0 Å². The van der Waals surface area contributed by atoms with Crippen LogP contribution >= 0.6 is 35.0 Å². The molecule has 0 fully saturated rings. The molecule has 0 aliphatic heterocycles. The van der Waals surface area contributed by atoms with Gasteiger partial charge in [-0.3, -0.25) is 0 Å². The number of halogens is 4. The van der Waals surface area contributed by atoms with E-state index < -0.39 is 11.6 Å². The van der Waals surface area contributed by atoms with Crippen LogP contribution in [0.3, 0.4) is 0 Å². The third kappa shape index (κ3) is 3.12. The summed E-state index contributed by atoms with van der Waals surface area (Å²) in [5.41, 5.74) is 0. The molecular formula is C12H6Cl2F2S. The van der Waals surface area contributed by atoms with Crippen LogP contribution in [0.4, 0.5) is 8.78 Å². The molecule has 0 N–H and O–H groups in total. The zero-order valence-electron chi connectivity index (χ0n) is 8.38. The fourth-order valence-corrected chi connectivity index (χ4v) is 2.62. The van der Waals surface area contributed by atoms with Crippen LogP contribution in [0.15, 0.2) is 46.2 Å². The van der Waals surface area contributed by atoms with E-state index in [0.717, 1.165) is 0 Å². The molecule has 0 heterocycles. The first-order valence-electron chi connectivity index (χ1n) is 4.64. The molecule has 2 aromatic carbocycles. The van der Waals surface area contributed by atoms with Gasteiger partial charge in [-0.2, -0.15) is 0 Å². The van der Waals surface area contributed by atoms with Crippen molar-refractivity contribution >= 4 is 35.0 Å². The molecule has 0 atom stereocenters. The average Bonchev–Trinajstić information content (AvgIpc) is 2.25. The molecule has 0 saturated carbocycles. The molecular weight excluding hydrogens is 285 g/mol. The average molecular weight is 291 g/mol. The second-order valence-electron chi connectivity index (χ2n) is 3.25. The normalized spacial score (nSPS) is 10.6. The monoisotopic (exact) mass is 290 g/mol. The Morgan fingerprint density at radius 3 is 1.53 bits per heavy atom. The summed E-state index contributed by atoms with van der Waals surface area (Å²) in [5.74, 6) is -0.797. The fraction of sp³-hybridized carbons (Fsp3) is 0. The maximum Gasteiger partial charge on any atom is 0.124 e. The Labute approximate surface area is 112 Å². The largest absolute Gasteiger partial charge is 0.207 e. The molecule has 0 bridgehead atoms. The number of hydrogen-bond donors (Lipinski definition) is 0. The third-order valence-electron chi connectivity index (χ3n) is 2.01. The summed E-state index contributed by atoms with van der Waals surface area (Å²) in [6.45, 7) is 0. The van der Waals surface area contributed by atoms with Gasteiger partial charge >= 0.3 is 0 Å². The summed E-state index contributed by atoms with van der Waals surface area (Å²) in [4.78, 5) is 1.34. The molecule has 88 valence electrons. The quantitative estimate of drug-likeness (QED) is 0.711. The van der Waals surface area contributed by atoms with Crippen LogP contribution < -0.4 is 0 Å². The van der Waals surface area contributed by atoms with Crippen molar-refractivity contribution in [1.29, 1.82) is 0 Å². The predicted octanol–water partition coefficient (Wildman–Crippen LogP) is 5.42. The lowest BCUT2D eigenvalue weighted by atomic mass is 10.3. The van der Waals surface area contributed by atoms with Gasteiger partial charge < -0.3 is 0 Å². The summed E-state index contributed by atoms with van der Waals surface area (Å²) < 4.78 is 25.7. The first kappa shape index (κ1) is 12.7. The summed E-state index contributed by atoms with van der Waals surface area (Å²) in [6, 6.07) is 8.18. The van der Waals surface area contributed by atoms with E-state index >= 15 is 0 Å². The Bertz CT molecular complexity index is 509. The molecule has 2 rings (SSSR count). The molecule has 0 nitrogen and oxygen atoms in total. The minimum atomic E-state index is -0.399. The lowest BCUT2D eigenvalue weighted by Crippen LogP contribution is -1.81. The molecule has 0 spiro atoms. The Morgan fingerprint density at radius 2 is 1.18 bits per heavy atom. The van der Waals surface area contributed by atoms with Gasteiger partial charge in [-0.1, -0.05) is 35.0 Å². The van der Waals surface area contributed by atoms with Gasteiger partial charge in [-0.25, -0.2) is 8.78 Å². The smallest absolute Gasteiger partial charge is 0.124 e. The van der Waals surface area contributed by atoms with Crippen molar-refractivity contribution in [1.82, 2.24) is 0 Å². The van der Waals surface area contributed by atoms with Crippen molar-refractivity contribution in [3.63, 3.8) is 0 Å². The van der Waals surface area contributed by atoms with E-state index in [-0.39, 0.29) is 0 Å². The Hall–Kier alpha value is -0.770. The van der Waals surface area contributed by atoms with Crippen molar-refractivity contribution in [2.75, 3.05) is 0 Å². The minimum Gasteiger partial charge on any atom is -0.207 e. The zero-order valence-corrected chi connectivity index (χ0v) is 10.7. The number of benzene rings is 2. The van der Waals surface area contributed by atoms with Gasteiger partial charge in [-0.15, -0.1) is 0 Å². The summed E-state index contributed by atoms with van der Waals surface area (Å²) >= 11 is 13.0. The number of rotatable bonds is 2. The summed E-state index contributed by atoms with van der Waals surface area (Å²) in [7, 11) is 0. The second-order valence-corrected chi connectivity index (χ2v) is 5.15. The molecule has 17 heavy (non-hydrogen) atoms. The van der Waals surface area contributed by atoms with E-state index in [1.54, 1.807) is 12.1 Å². The van der Waals surface area contributed by atoms with Crippen LogP contribution in [0, 0.1) is 11.6 Å². The van der Waals surface area contributed by atoms with Crippen LogP contribution in [-0.2, 0) is 0 Å². The molecule has 0 aromatic heterocycles. The van der Waals surface area contributed by atoms with Gasteiger partial charge in [0.15, 0.2) is 0 Å². The fourth-order valence-electron chi connectivity index (χ4n) is 1.23. The zero-order chi connectivity index (χ0) is 12.4. The molecule has 5 heteroatoms. The van der Waals surface area contributed by atoms with Crippen LogP contribution in [0.2, 0.25) is 10.0 Å². The standard InChI is InChI=1S/C12H6Cl2F2S/c13-9-5-7(15)1-3-11(9)17-12-4-2-8(16)6-10(12)14/h1-6H. The second kappa shape index (κ2) is 5.25. The lowest BCUT2D eigenvalue weighted by molar-refractivity contribution is 0.626. The highest BCUT2D eigenvalue weighted by Gasteiger charge is 2.07. The summed E-state index contributed by atoms with van der Waals surface area (Å²) in [6.07, 6.45) is 0. The van der Waals surface area contributed by atoms with Gasteiger partial charge in [0, 0.05) is 9.79 Å². The maximum atomic E-state index is 12.8. The molecule has 0 aliphatic rings. The van der Waals surface area contributed by atoms with E-state index in [4.69, 9.17) is 23.2 Å². The molecule has 0 radical (unpaired) electrons. The van der Waals surface area contributed by atoms with Crippen molar-refractivity contribution in [2.24, 2.45) is 0 Å². The van der Waals surface area contributed by atoms with E-state index in [2.05, 4.69) is 0 Å². The van der Waals surface area contributed by atoms with Crippen LogP contribution in [0.25, 0.3) is 0 Å².